The first kappa shape index (κ1) is 23.0. The summed E-state index contributed by atoms with van der Waals surface area (Å²) in [7, 11) is 0. The van der Waals surface area contributed by atoms with Crippen LogP contribution >= 0.6 is 6.89 Å². The molecule has 0 spiro atoms. The number of ketones is 1. The molecule has 0 radical (unpaired) electrons. The zero-order valence-corrected chi connectivity index (χ0v) is 21.5. The molecular weight excluding hydrogens is 455 g/mol. The molecule has 0 saturated heterocycles. The summed E-state index contributed by atoms with van der Waals surface area (Å²) in [6, 6.07) is 40.6. The first-order valence-electron chi connectivity index (χ1n) is 13.1. The molecule has 6 rings (SSSR count). The van der Waals surface area contributed by atoms with Crippen molar-refractivity contribution in [3.63, 3.8) is 0 Å². The molecule has 1 aliphatic heterocycles. The van der Waals surface area contributed by atoms with Crippen molar-refractivity contribution in [3.8, 4) is 0 Å². The summed E-state index contributed by atoms with van der Waals surface area (Å²) in [4.78, 5) is 14.8. The minimum Gasteiger partial charge on any atom is -0.289 e. The largest absolute Gasteiger partial charge is 0.289 e. The van der Waals surface area contributed by atoms with Crippen LogP contribution in [0.2, 0.25) is 0 Å². The standard InChI is InChI=1S/C34H31OP/c35-33(26-16-6-3-7-17-26)34-31-24-13-2-1-12-22-29(31)30-23-14-15-25-32(30)36(34,27-18-8-4-9-19-27)28-20-10-5-11-21-28/h3-11,14-21,23,25H,1-2,12-13,22,24H2. The predicted octanol–water partition coefficient (Wildman–Crippen LogP) is 7.16. The molecule has 0 aromatic heterocycles. The highest BCUT2D eigenvalue weighted by atomic mass is 31.2. The minimum atomic E-state index is -2.43. The average Bonchev–Trinajstić information content (AvgIpc) is 2.94. The minimum absolute atomic E-state index is 0.194. The van der Waals surface area contributed by atoms with Gasteiger partial charge in [0, 0.05) is 10.9 Å². The molecule has 1 heterocycles. The number of benzene rings is 4. The fourth-order valence-corrected chi connectivity index (χ4v) is 11.0. The van der Waals surface area contributed by atoms with E-state index in [1.165, 1.54) is 51.9 Å². The van der Waals surface area contributed by atoms with Crippen LogP contribution in [0.25, 0.3) is 5.57 Å². The summed E-state index contributed by atoms with van der Waals surface area (Å²) >= 11 is 0. The second kappa shape index (κ2) is 9.92. The van der Waals surface area contributed by atoms with Crippen LogP contribution in [0.3, 0.4) is 0 Å². The number of carbonyl (C=O) groups is 1. The van der Waals surface area contributed by atoms with Crippen LogP contribution in [0.15, 0.2) is 121 Å². The molecule has 4 aromatic carbocycles. The van der Waals surface area contributed by atoms with E-state index >= 15 is 0 Å². The highest BCUT2D eigenvalue weighted by molar-refractivity contribution is 7.97. The number of Topliss-reactive ketones (excluding diaryl/α,β-unsaturated/α-hetero) is 1. The maximum atomic E-state index is 14.8. The van der Waals surface area contributed by atoms with Crippen LogP contribution in [0, 0.1) is 0 Å². The lowest BCUT2D eigenvalue weighted by molar-refractivity contribution is 0.106. The van der Waals surface area contributed by atoms with Crippen LogP contribution in [-0.2, 0) is 0 Å². The summed E-state index contributed by atoms with van der Waals surface area (Å²) in [5, 5.41) is 4.91. The maximum absolute atomic E-state index is 14.8. The van der Waals surface area contributed by atoms with E-state index in [0.29, 0.717) is 0 Å². The van der Waals surface area contributed by atoms with E-state index in [4.69, 9.17) is 0 Å². The lowest BCUT2D eigenvalue weighted by Gasteiger charge is -2.40. The van der Waals surface area contributed by atoms with E-state index in [1.54, 1.807) is 0 Å². The number of carbonyl (C=O) groups excluding carboxylic acids is 1. The van der Waals surface area contributed by atoms with Crippen LogP contribution in [0.4, 0.5) is 0 Å². The summed E-state index contributed by atoms with van der Waals surface area (Å²) in [6.07, 6.45) is 6.82. The molecule has 2 aliphatic rings. The van der Waals surface area contributed by atoms with Gasteiger partial charge in [-0.15, -0.1) is 0 Å². The summed E-state index contributed by atoms with van der Waals surface area (Å²) < 4.78 is 0. The van der Waals surface area contributed by atoms with Gasteiger partial charge >= 0.3 is 0 Å². The molecule has 178 valence electrons. The van der Waals surface area contributed by atoms with Crippen molar-refractivity contribution in [2.75, 3.05) is 0 Å². The van der Waals surface area contributed by atoms with Crippen LogP contribution < -0.4 is 15.9 Å². The van der Waals surface area contributed by atoms with Crippen molar-refractivity contribution in [3.05, 3.63) is 132 Å². The molecular formula is C34H31OP. The van der Waals surface area contributed by atoms with Crippen LogP contribution in [-0.4, -0.2) is 11.1 Å². The monoisotopic (exact) mass is 486 g/mol. The van der Waals surface area contributed by atoms with Gasteiger partial charge in [-0.25, -0.2) is 0 Å². The quantitative estimate of drug-likeness (QED) is 0.221. The third-order valence-corrected chi connectivity index (χ3v) is 12.1. The molecule has 1 aliphatic carbocycles. The van der Waals surface area contributed by atoms with Crippen molar-refractivity contribution in [2.45, 2.75) is 38.5 Å². The van der Waals surface area contributed by atoms with Gasteiger partial charge in [0.15, 0.2) is 5.78 Å². The first-order valence-corrected chi connectivity index (χ1v) is 14.9. The Morgan fingerprint density at radius 2 is 1.03 bits per heavy atom. The van der Waals surface area contributed by atoms with Crippen LogP contribution in [0.1, 0.15) is 54.4 Å². The fraction of sp³-hybridized carbons (Fsp3) is 0.176. The molecule has 0 atom stereocenters. The van der Waals surface area contributed by atoms with E-state index in [9.17, 15) is 4.79 Å². The van der Waals surface area contributed by atoms with Crippen LogP contribution in [0.5, 0.6) is 0 Å². The van der Waals surface area contributed by atoms with E-state index in [1.807, 2.05) is 30.3 Å². The smallest absolute Gasteiger partial charge is 0.194 e. The highest BCUT2D eigenvalue weighted by Crippen LogP contribution is 2.54. The van der Waals surface area contributed by atoms with E-state index < -0.39 is 6.89 Å². The zero-order valence-electron chi connectivity index (χ0n) is 20.6. The molecule has 1 nitrogen and oxygen atoms in total. The molecule has 0 fully saturated rings. The Hall–Kier alpha value is -3.41. The number of hydrogen-bond donors (Lipinski definition) is 0. The van der Waals surface area contributed by atoms with Crippen molar-refractivity contribution in [2.24, 2.45) is 0 Å². The predicted molar refractivity (Wildman–Crippen MR) is 156 cm³/mol. The van der Waals surface area contributed by atoms with Gasteiger partial charge in [0.05, 0.1) is 0 Å². The van der Waals surface area contributed by atoms with Gasteiger partial charge in [-0.05, 0) is 65.2 Å². The fourth-order valence-electron chi connectivity index (χ4n) is 6.17. The first-order chi connectivity index (χ1) is 17.8. The summed E-state index contributed by atoms with van der Waals surface area (Å²) in [5.41, 5.74) is 4.88. The SMILES string of the molecule is O=C(C1=P(c2ccccc2)(c2ccccc2)c2ccccc2C2=C1CCCCCC2)c1ccccc1. The molecule has 2 heteroatoms. The number of rotatable bonds is 4. The van der Waals surface area contributed by atoms with Crippen molar-refractivity contribution in [1.29, 1.82) is 0 Å². The Bertz CT molecular complexity index is 1440. The van der Waals surface area contributed by atoms with Crippen molar-refractivity contribution < 1.29 is 4.79 Å². The third-order valence-electron chi connectivity index (χ3n) is 7.72. The molecule has 4 aromatic rings. The second-order valence-electron chi connectivity index (χ2n) is 9.77. The molecule has 0 bridgehead atoms. The number of allylic oxidation sites excluding steroid dienone is 2. The zero-order chi connectivity index (χ0) is 24.4. The highest BCUT2D eigenvalue weighted by Gasteiger charge is 2.40. The van der Waals surface area contributed by atoms with Gasteiger partial charge in [-0.1, -0.05) is 128 Å². The second-order valence-corrected chi connectivity index (χ2v) is 13.1. The lowest BCUT2D eigenvalue weighted by Crippen LogP contribution is -2.39. The Labute approximate surface area is 214 Å². The summed E-state index contributed by atoms with van der Waals surface area (Å²) in [5.74, 6) is 0.194. The molecule has 36 heavy (non-hydrogen) atoms. The Morgan fingerprint density at radius 3 is 1.64 bits per heavy atom. The Kier molecular flexibility index (Phi) is 6.34. The molecule has 0 N–H and O–H groups in total. The van der Waals surface area contributed by atoms with Gasteiger partial charge in [0.1, 0.15) is 0 Å². The Balaban J connectivity index is 1.85. The van der Waals surface area contributed by atoms with Gasteiger partial charge in [-0.3, -0.25) is 4.79 Å². The third kappa shape index (κ3) is 3.74. The van der Waals surface area contributed by atoms with Gasteiger partial charge in [0.2, 0.25) is 0 Å². The van der Waals surface area contributed by atoms with E-state index in [-0.39, 0.29) is 5.78 Å². The van der Waals surface area contributed by atoms with Crippen molar-refractivity contribution >= 4 is 39.4 Å². The van der Waals surface area contributed by atoms with Crippen molar-refractivity contribution in [1.82, 2.24) is 0 Å². The number of fused-ring (bicyclic) bond motifs is 2. The van der Waals surface area contributed by atoms with Gasteiger partial charge in [0.25, 0.3) is 0 Å². The van der Waals surface area contributed by atoms with Gasteiger partial charge < -0.3 is 0 Å². The molecule has 0 unspecified atom stereocenters. The molecule has 0 saturated carbocycles. The Morgan fingerprint density at radius 1 is 0.528 bits per heavy atom. The molecule has 0 amide bonds. The lowest BCUT2D eigenvalue weighted by atomic mass is 9.85. The van der Waals surface area contributed by atoms with Gasteiger partial charge in [-0.2, -0.15) is 0 Å². The number of hydrogen-bond acceptors (Lipinski definition) is 1. The van der Waals surface area contributed by atoms with E-state index in [2.05, 4.69) is 84.9 Å². The normalized spacial score (nSPS) is 16.9. The van der Waals surface area contributed by atoms with E-state index in [0.717, 1.165) is 30.1 Å². The maximum Gasteiger partial charge on any atom is 0.194 e. The topological polar surface area (TPSA) is 17.1 Å². The summed E-state index contributed by atoms with van der Waals surface area (Å²) in [6.45, 7) is -2.43. The average molecular weight is 487 g/mol.